The van der Waals surface area contributed by atoms with Gasteiger partial charge in [0, 0.05) is 91.6 Å². The van der Waals surface area contributed by atoms with Crippen molar-refractivity contribution in [3.8, 4) is 0 Å². The third-order valence-corrected chi connectivity index (χ3v) is 15.9. The Balaban J connectivity index is 7.17. The number of hydrogen-bond donors (Lipinski definition) is 16. The molecule has 652 valence electrons. The van der Waals surface area contributed by atoms with Gasteiger partial charge in [-0.3, -0.25) is 67.1 Å². The Kier molecular flexibility index (Phi) is 49.4. The average Bonchev–Trinajstić information content (AvgIpc) is 0.853. The van der Waals surface area contributed by atoms with Crippen LogP contribution >= 0.6 is 0 Å². The number of primary amides is 1. The molecule has 0 fully saturated rings. The van der Waals surface area contributed by atoms with Crippen molar-refractivity contribution in [1.29, 1.82) is 0 Å². The van der Waals surface area contributed by atoms with E-state index >= 15 is 0 Å². The minimum atomic E-state index is -1.41. The SMILES string of the molecule is CC(O)CNCC(=O)N(CC(=O)N(CC(=O)N(CC(=O)N(CC(=O)N(CC(=O)N(CC(=O)N(CC(=O)N(CC(=O)N(CC(=O)N(CC(=O)N(CC(=O)N(CC(=O)N(CC(N)=O)CC(C)O)CC(C)O)CC(C)O)CC(C)O)CC(C)O)CC(C)O)CC(C)O)CC(C)O)CC(C)O)CC(C)O)CC(C)O)CC(C)O)CC(C)O. The lowest BCUT2D eigenvalue weighted by Gasteiger charge is -2.34. The predicted molar refractivity (Wildman–Crippen MR) is 401 cm³/mol. The fourth-order valence-electron chi connectivity index (χ4n) is 11.3. The van der Waals surface area contributed by atoms with Crippen LogP contribution in [0.15, 0.2) is 0 Å². The lowest BCUT2D eigenvalue weighted by Crippen LogP contribution is -2.55. The number of aliphatic hydroxyl groups is 14. The van der Waals surface area contributed by atoms with Crippen molar-refractivity contribution in [2.45, 2.75) is 182 Å². The smallest absolute Gasteiger partial charge is 0.242 e. The number of nitrogens with two attached hydrogens (primary N) is 1. The molecule has 0 aromatic carbocycles. The van der Waals surface area contributed by atoms with Gasteiger partial charge in [0.2, 0.25) is 82.7 Å². The first-order valence-corrected chi connectivity index (χ1v) is 37.3. The molecule has 17 N–H and O–H groups in total. The molecule has 0 aromatic rings. The summed E-state index contributed by atoms with van der Waals surface area (Å²) in [5, 5.41) is 149. The van der Waals surface area contributed by atoms with Crippen LogP contribution < -0.4 is 11.1 Å². The van der Waals surface area contributed by atoms with Crippen molar-refractivity contribution in [3.05, 3.63) is 0 Å². The van der Waals surface area contributed by atoms with E-state index < -0.39 is 325 Å². The number of amides is 14. The van der Waals surface area contributed by atoms with Crippen LogP contribution in [0.4, 0.5) is 0 Å². The maximum atomic E-state index is 14.5. The van der Waals surface area contributed by atoms with Crippen LogP contribution in [0.5, 0.6) is 0 Å². The lowest BCUT2D eigenvalue weighted by atomic mass is 10.2. The number of aliphatic hydroxyl groups excluding tert-OH is 14. The third kappa shape index (κ3) is 45.6. The molecule has 0 rings (SSSR count). The molecular weight excluding hydrogens is 1500 g/mol. The number of nitrogens with one attached hydrogen (secondary N) is 1. The second kappa shape index (κ2) is 53.2. The quantitative estimate of drug-likeness (QED) is 0.0269. The normalized spacial score (nSPS) is 15.1. The maximum Gasteiger partial charge on any atom is 0.242 e. The molecule has 0 aliphatic carbocycles. The molecule has 0 radical (unpaired) electrons. The first-order valence-electron chi connectivity index (χ1n) is 37.3. The standard InChI is InChI=1S/C70H129N15O28/c1-43(86)15-72-16-58(101)74(18-45(3)88)31-60(103)76(20-47(5)90)33-62(105)78(22-49(7)92)35-64(107)80(24-51(9)94)37-66(109)82(26-53(11)96)39-68(111)84(28-55(13)98)41-70(113)85(29-56(14)99)42-69(112)83(27-54(12)97)40-67(110)81(25-52(10)95)38-65(108)79(23-50(8)93)36-63(106)77(21-48(6)91)34-61(104)75(19-46(4)89)32-59(102)73(17-44(2)87)30-57(71)100/h43-56,72,86-99H,15-42H2,1-14H3,(H2,71,100). The van der Waals surface area contributed by atoms with Gasteiger partial charge in [0.25, 0.3) is 0 Å². The van der Waals surface area contributed by atoms with E-state index in [1.165, 1.54) is 96.9 Å². The summed E-state index contributed by atoms with van der Waals surface area (Å²) in [7, 11) is 0. The fraction of sp³-hybridized carbons (Fsp3) is 0.800. The first kappa shape index (κ1) is 105. The van der Waals surface area contributed by atoms with Crippen LogP contribution in [0.1, 0.15) is 96.9 Å². The highest BCUT2D eigenvalue weighted by molar-refractivity contribution is 5.96. The molecule has 0 bridgehead atoms. The molecule has 43 nitrogen and oxygen atoms in total. The van der Waals surface area contributed by atoms with Gasteiger partial charge in [-0.2, -0.15) is 0 Å². The Labute approximate surface area is 659 Å². The zero-order chi connectivity index (χ0) is 87.2. The number of rotatable bonds is 56. The minimum Gasteiger partial charge on any atom is -0.392 e. The number of carbonyl (C=O) groups is 14. The molecule has 0 saturated heterocycles. The van der Waals surface area contributed by atoms with Crippen molar-refractivity contribution in [2.24, 2.45) is 5.73 Å². The summed E-state index contributed by atoms with van der Waals surface area (Å²) in [6.45, 7) is -1.21. The van der Waals surface area contributed by atoms with E-state index in [9.17, 15) is 139 Å². The van der Waals surface area contributed by atoms with Gasteiger partial charge in [-0.1, -0.05) is 0 Å². The summed E-state index contributed by atoms with van der Waals surface area (Å²) in [4.78, 5) is 206. The Morgan fingerprint density at radius 2 is 0.301 bits per heavy atom. The van der Waals surface area contributed by atoms with Crippen molar-refractivity contribution < 1.29 is 139 Å². The Bertz CT molecular complexity index is 3010. The summed E-state index contributed by atoms with van der Waals surface area (Å²) < 4.78 is 0. The van der Waals surface area contributed by atoms with Crippen molar-refractivity contribution in [3.63, 3.8) is 0 Å². The minimum absolute atomic E-state index is 0.0105. The Morgan fingerprint density at radius 3 is 0.398 bits per heavy atom. The molecule has 14 unspecified atom stereocenters. The van der Waals surface area contributed by atoms with E-state index in [0.29, 0.717) is 0 Å². The topological polar surface area (TPSA) is 602 Å². The fourth-order valence-corrected chi connectivity index (χ4v) is 11.3. The number of hydrogen-bond acceptors (Lipinski definition) is 29. The number of nitrogens with zero attached hydrogens (tertiary/aromatic N) is 13. The largest absolute Gasteiger partial charge is 0.392 e. The van der Waals surface area contributed by atoms with Crippen LogP contribution in [-0.2, 0) is 67.1 Å². The summed E-state index contributed by atoms with van der Waals surface area (Å²) in [6, 6.07) is 0. The molecule has 0 heterocycles. The molecule has 0 spiro atoms. The molecular formula is C70H129N15O28. The van der Waals surface area contributed by atoms with E-state index in [0.717, 1.165) is 63.7 Å². The van der Waals surface area contributed by atoms with Gasteiger partial charge in [0.15, 0.2) is 0 Å². The second-order valence-electron chi connectivity index (χ2n) is 29.5. The molecule has 113 heavy (non-hydrogen) atoms. The molecule has 43 heteroatoms. The van der Waals surface area contributed by atoms with Gasteiger partial charge >= 0.3 is 0 Å². The van der Waals surface area contributed by atoms with Gasteiger partial charge in [0.05, 0.1) is 177 Å². The van der Waals surface area contributed by atoms with Gasteiger partial charge < -0.3 is 146 Å². The van der Waals surface area contributed by atoms with E-state index in [1.54, 1.807) is 0 Å². The van der Waals surface area contributed by atoms with Crippen LogP contribution in [0, 0.1) is 0 Å². The summed E-state index contributed by atoms with van der Waals surface area (Å²) in [5.74, 6) is -13.8. The van der Waals surface area contributed by atoms with Crippen molar-refractivity contribution >= 4 is 82.7 Å². The molecule has 0 saturated carbocycles. The molecule has 0 aliphatic heterocycles. The molecule has 14 atom stereocenters. The predicted octanol–water partition coefficient (Wildman–Crippen LogP) is -11.8. The molecule has 14 amide bonds. The highest BCUT2D eigenvalue weighted by atomic mass is 16.3. The van der Waals surface area contributed by atoms with E-state index in [2.05, 4.69) is 5.32 Å². The van der Waals surface area contributed by atoms with Crippen LogP contribution in [-0.4, -0.2) is 487 Å². The van der Waals surface area contributed by atoms with Gasteiger partial charge in [0.1, 0.15) is 0 Å². The van der Waals surface area contributed by atoms with Crippen molar-refractivity contribution in [1.82, 2.24) is 69.0 Å². The Hall–Kier alpha value is -8.02. The summed E-state index contributed by atoms with van der Waals surface area (Å²) in [6.07, 6.45) is -18.0. The highest BCUT2D eigenvalue weighted by Crippen LogP contribution is 2.13. The van der Waals surface area contributed by atoms with Crippen molar-refractivity contribution in [2.75, 3.05) is 183 Å². The third-order valence-electron chi connectivity index (χ3n) is 15.9. The first-order chi connectivity index (χ1) is 52.2. The summed E-state index contributed by atoms with van der Waals surface area (Å²) in [5.41, 5.74) is 5.30. The lowest BCUT2D eigenvalue weighted by molar-refractivity contribution is -0.151. The van der Waals surface area contributed by atoms with Crippen LogP contribution in [0.25, 0.3) is 0 Å². The van der Waals surface area contributed by atoms with Gasteiger partial charge in [-0.25, -0.2) is 0 Å². The molecule has 0 aromatic heterocycles. The zero-order valence-electron chi connectivity index (χ0n) is 67.7. The van der Waals surface area contributed by atoms with Crippen LogP contribution in [0.2, 0.25) is 0 Å². The maximum absolute atomic E-state index is 14.5. The average molecular weight is 1630 g/mol. The summed E-state index contributed by atoms with van der Waals surface area (Å²) >= 11 is 0. The van der Waals surface area contributed by atoms with Gasteiger partial charge in [-0.05, 0) is 96.9 Å². The van der Waals surface area contributed by atoms with Crippen LogP contribution in [0.3, 0.4) is 0 Å². The highest BCUT2D eigenvalue weighted by Gasteiger charge is 2.36. The Morgan fingerprint density at radius 1 is 0.195 bits per heavy atom. The van der Waals surface area contributed by atoms with E-state index in [4.69, 9.17) is 5.73 Å². The monoisotopic (exact) mass is 1630 g/mol. The second-order valence-corrected chi connectivity index (χ2v) is 29.5. The molecule has 0 aliphatic rings. The zero-order valence-corrected chi connectivity index (χ0v) is 67.7. The van der Waals surface area contributed by atoms with E-state index in [-0.39, 0.29) is 26.2 Å². The van der Waals surface area contributed by atoms with Gasteiger partial charge in [-0.15, -0.1) is 0 Å². The number of carbonyl (C=O) groups excluding carboxylic acids is 14. The van der Waals surface area contributed by atoms with E-state index in [1.807, 2.05) is 0 Å².